The number of aliphatic carboxylic acids is 2. The van der Waals surface area contributed by atoms with Crippen LogP contribution in [0, 0.1) is 6.92 Å². The Hall–Kier alpha value is -3.21. The van der Waals surface area contributed by atoms with Crippen LogP contribution >= 0.6 is 0 Å². The third-order valence-electron chi connectivity index (χ3n) is 3.73. The van der Waals surface area contributed by atoms with Gasteiger partial charge in [-0.3, -0.25) is 4.79 Å². The quantitative estimate of drug-likeness (QED) is 0.757. The Kier molecular flexibility index (Phi) is 5.84. The van der Waals surface area contributed by atoms with Gasteiger partial charge in [-0.25, -0.2) is 9.59 Å². The highest BCUT2D eigenvalue weighted by Gasteiger charge is 2.24. The van der Waals surface area contributed by atoms with Crippen LogP contribution < -0.4 is 0 Å². The molecule has 0 fully saturated rings. The fraction of sp³-hybridized carbons (Fsp3) is 0.150. The summed E-state index contributed by atoms with van der Waals surface area (Å²) in [5.74, 6) is -3.12. The van der Waals surface area contributed by atoms with Gasteiger partial charge in [-0.05, 0) is 18.1 Å². The molecule has 25 heavy (non-hydrogen) atoms. The van der Waals surface area contributed by atoms with E-state index in [-0.39, 0.29) is 23.3 Å². The summed E-state index contributed by atoms with van der Waals surface area (Å²) >= 11 is 0. The topological polar surface area (TPSA) is 91.7 Å². The molecule has 2 aromatic carbocycles. The van der Waals surface area contributed by atoms with Gasteiger partial charge in [0.2, 0.25) is 0 Å². The summed E-state index contributed by atoms with van der Waals surface area (Å²) in [6, 6.07) is 15.4. The lowest BCUT2D eigenvalue weighted by Crippen LogP contribution is -2.15. The lowest BCUT2D eigenvalue weighted by atomic mass is 9.94. The first-order valence-electron chi connectivity index (χ1n) is 7.71. The van der Waals surface area contributed by atoms with Crippen molar-refractivity contribution in [1.29, 1.82) is 0 Å². The van der Waals surface area contributed by atoms with Gasteiger partial charge in [-0.2, -0.15) is 0 Å². The van der Waals surface area contributed by atoms with Gasteiger partial charge in [0.15, 0.2) is 0 Å². The highest BCUT2D eigenvalue weighted by Crippen LogP contribution is 2.23. The van der Waals surface area contributed by atoms with Gasteiger partial charge < -0.3 is 10.2 Å². The highest BCUT2D eigenvalue weighted by atomic mass is 16.4. The largest absolute Gasteiger partial charge is 0.478 e. The Bertz CT molecular complexity index is 817. The third kappa shape index (κ3) is 4.88. The Morgan fingerprint density at radius 2 is 1.44 bits per heavy atom. The summed E-state index contributed by atoms with van der Waals surface area (Å²) in [4.78, 5) is 35.5. The first-order valence-corrected chi connectivity index (χ1v) is 7.71. The average Bonchev–Trinajstić information content (AvgIpc) is 2.56. The van der Waals surface area contributed by atoms with Gasteiger partial charge in [0.1, 0.15) is 5.78 Å². The van der Waals surface area contributed by atoms with E-state index in [4.69, 9.17) is 0 Å². The van der Waals surface area contributed by atoms with Crippen LogP contribution in [0.4, 0.5) is 0 Å². The molecule has 0 atom stereocenters. The van der Waals surface area contributed by atoms with E-state index in [0.717, 1.165) is 11.1 Å². The lowest BCUT2D eigenvalue weighted by Gasteiger charge is -2.09. The van der Waals surface area contributed by atoms with Gasteiger partial charge in [-0.15, -0.1) is 0 Å². The van der Waals surface area contributed by atoms with Crippen molar-refractivity contribution < 1.29 is 24.6 Å². The van der Waals surface area contributed by atoms with Crippen molar-refractivity contribution in [1.82, 2.24) is 0 Å². The van der Waals surface area contributed by atoms with Gasteiger partial charge in [0.05, 0.1) is 11.1 Å². The van der Waals surface area contributed by atoms with E-state index in [9.17, 15) is 24.6 Å². The molecular formula is C20H18O5. The number of carboxylic acid groups (broad SMARTS) is 2. The number of carbonyl (C=O) groups is 3. The van der Waals surface area contributed by atoms with Crippen molar-refractivity contribution in [3.8, 4) is 0 Å². The Morgan fingerprint density at radius 1 is 0.840 bits per heavy atom. The van der Waals surface area contributed by atoms with Gasteiger partial charge >= 0.3 is 11.9 Å². The van der Waals surface area contributed by atoms with E-state index in [0.29, 0.717) is 0 Å². The Labute approximate surface area is 145 Å². The van der Waals surface area contributed by atoms with Crippen molar-refractivity contribution in [3.05, 3.63) is 76.9 Å². The van der Waals surface area contributed by atoms with Gasteiger partial charge in [0.25, 0.3) is 0 Å². The maximum absolute atomic E-state index is 12.2. The summed E-state index contributed by atoms with van der Waals surface area (Å²) in [6.07, 6.45) is -0.391. The van der Waals surface area contributed by atoms with Crippen molar-refractivity contribution in [2.75, 3.05) is 0 Å². The molecule has 0 aliphatic heterocycles. The SMILES string of the molecule is Cc1ccc(/C(C(=O)O)=C(/CC(=O)Cc2ccccc2)C(=O)O)cc1. The number of carbonyl (C=O) groups excluding carboxylic acids is 1. The number of carboxylic acids is 2. The molecule has 0 amide bonds. The lowest BCUT2D eigenvalue weighted by molar-refractivity contribution is -0.135. The molecular weight excluding hydrogens is 320 g/mol. The molecule has 0 unspecified atom stereocenters. The molecule has 2 N–H and O–H groups in total. The fourth-order valence-electron chi connectivity index (χ4n) is 2.50. The second kappa shape index (κ2) is 8.06. The third-order valence-corrected chi connectivity index (χ3v) is 3.73. The zero-order valence-electron chi connectivity index (χ0n) is 13.7. The van der Waals surface area contributed by atoms with Gasteiger partial charge in [0, 0.05) is 12.8 Å². The summed E-state index contributed by atoms with van der Waals surface area (Å²) in [7, 11) is 0. The van der Waals surface area contributed by atoms with E-state index in [2.05, 4.69) is 0 Å². The van der Waals surface area contributed by atoms with Crippen molar-refractivity contribution in [3.63, 3.8) is 0 Å². The molecule has 0 aromatic heterocycles. The summed E-state index contributed by atoms with van der Waals surface area (Å²) in [6.45, 7) is 1.84. The zero-order valence-corrected chi connectivity index (χ0v) is 13.7. The number of Topliss-reactive ketones (excluding diaryl/α,β-unsaturated/α-hetero) is 1. The van der Waals surface area contributed by atoms with E-state index < -0.39 is 23.9 Å². The first-order chi connectivity index (χ1) is 11.9. The minimum Gasteiger partial charge on any atom is -0.478 e. The average molecular weight is 338 g/mol. The van der Waals surface area contributed by atoms with Crippen LogP contribution in [0.15, 0.2) is 60.2 Å². The number of rotatable bonds is 7. The smallest absolute Gasteiger partial charge is 0.336 e. The molecule has 0 saturated carbocycles. The number of aryl methyl sites for hydroxylation is 1. The fourth-order valence-corrected chi connectivity index (χ4v) is 2.50. The van der Waals surface area contributed by atoms with Gasteiger partial charge in [-0.1, -0.05) is 60.2 Å². The molecule has 2 rings (SSSR count). The van der Waals surface area contributed by atoms with Crippen molar-refractivity contribution in [2.24, 2.45) is 0 Å². The summed E-state index contributed by atoms with van der Waals surface area (Å²) in [5, 5.41) is 18.9. The van der Waals surface area contributed by atoms with Crippen molar-refractivity contribution in [2.45, 2.75) is 19.8 Å². The molecule has 0 bridgehead atoms. The minimum atomic E-state index is -1.40. The molecule has 0 spiro atoms. The normalized spacial score (nSPS) is 11.6. The van der Waals surface area contributed by atoms with Crippen LogP contribution in [0.5, 0.6) is 0 Å². The second-order valence-electron chi connectivity index (χ2n) is 5.71. The summed E-state index contributed by atoms with van der Waals surface area (Å²) in [5.41, 5.74) is 1.18. The summed E-state index contributed by atoms with van der Waals surface area (Å²) < 4.78 is 0. The van der Waals surface area contributed by atoms with E-state index >= 15 is 0 Å². The van der Waals surface area contributed by atoms with Crippen LogP contribution in [-0.4, -0.2) is 27.9 Å². The maximum Gasteiger partial charge on any atom is 0.336 e. The van der Waals surface area contributed by atoms with Crippen molar-refractivity contribution >= 4 is 23.3 Å². The maximum atomic E-state index is 12.2. The number of hydrogen-bond acceptors (Lipinski definition) is 3. The van der Waals surface area contributed by atoms with E-state index in [1.54, 1.807) is 48.5 Å². The molecule has 0 saturated heterocycles. The van der Waals surface area contributed by atoms with E-state index in [1.165, 1.54) is 0 Å². The second-order valence-corrected chi connectivity index (χ2v) is 5.71. The molecule has 2 aromatic rings. The molecule has 0 radical (unpaired) electrons. The molecule has 0 aliphatic carbocycles. The molecule has 0 aliphatic rings. The zero-order chi connectivity index (χ0) is 18.4. The van der Waals surface area contributed by atoms with E-state index in [1.807, 2.05) is 13.0 Å². The predicted octanol–water partition coefficient (Wildman–Crippen LogP) is 3.12. The predicted molar refractivity (Wildman–Crippen MR) is 93.1 cm³/mol. The molecule has 0 heterocycles. The molecule has 128 valence electrons. The monoisotopic (exact) mass is 338 g/mol. The standard InChI is InChI=1S/C20H18O5/c1-13-7-9-15(10-8-13)18(20(24)25)17(19(22)23)12-16(21)11-14-5-3-2-4-6-14/h2-10H,11-12H2,1H3,(H,22,23)(H,24,25)/b18-17+. The number of ketones is 1. The number of benzene rings is 2. The highest BCUT2D eigenvalue weighted by molar-refractivity contribution is 6.22. The van der Waals surface area contributed by atoms with Crippen LogP contribution in [0.1, 0.15) is 23.1 Å². The van der Waals surface area contributed by atoms with Crippen LogP contribution in [0.2, 0.25) is 0 Å². The van der Waals surface area contributed by atoms with Crippen LogP contribution in [0.25, 0.3) is 5.57 Å². The minimum absolute atomic E-state index is 0.0540. The van der Waals surface area contributed by atoms with Crippen LogP contribution in [0.3, 0.4) is 0 Å². The first kappa shape index (κ1) is 18.1. The Balaban J connectivity index is 2.36. The number of hydrogen-bond donors (Lipinski definition) is 2. The Morgan fingerprint density at radius 3 is 1.96 bits per heavy atom. The van der Waals surface area contributed by atoms with Crippen LogP contribution in [-0.2, 0) is 20.8 Å². The molecule has 5 nitrogen and oxygen atoms in total. The molecule has 5 heteroatoms.